The van der Waals surface area contributed by atoms with E-state index in [-0.39, 0.29) is 12.0 Å². The number of hydrogen-bond donors (Lipinski definition) is 2. The van der Waals surface area contributed by atoms with Gasteiger partial charge in [0.2, 0.25) is 5.56 Å². The molecular formula is C8H9NO3. The van der Waals surface area contributed by atoms with E-state index >= 15 is 0 Å². The van der Waals surface area contributed by atoms with E-state index in [1.807, 2.05) is 0 Å². The van der Waals surface area contributed by atoms with Crippen LogP contribution in [0.4, 0.5) is 0 Å². The Hall–Kier alpha value is -1.58. The predicted molar refractivity (Wildman–Crippen MR) is 43.0 cm³/mol. The number of aryl methyl sites for hydroxylation is 1. The van der Waals surface area contributed by atoms with E-state index in [9.17, 15) is 9.59 Å². The van der Waals surface area contributed by atoms with E-state index in [1.54, 1.807) is 6.07 Å². The normalized spacial score (nSPS) is 9.67. The van der Waals surface area contributed by atoms with Crippen LogP contribution < -0.4 is 5.56 Å². The molecular weight excluding hydrogens is 158 g/mol. The van der Waals surface area contributed by atoms with E-state index < -0.39 is 5.97 Å². The fourth-order valence-electron chi connectivity index (χ4n) is 0.896. The number of carboxylic acid groups (broad SMARTS) is 1. The molecule has 1 aromatic rings. The topological polar surface area (TPSA) is 70.2 Å². The van der Waals surface area contributed by atoms with E-state index in [4.69, 9.17) is 5.11 Å². The van der Waals surface area contributed by atoms with Gasteiger partial charge in [0.15, 0.2) is 0 Å². The number of H-pyrrole nitrogens is 1. The largest absolute Gasteiger partial charge is 0.481 e. The number of carbonyl (C=O) groups is 1. The predicted octanol–water partition coefficient (Wildman–Crippen LogP) is 0.392. The summed E-state index contributed by atoms with van der Waals surface area (Å²) in [6.07, 6.45) is 1.97. The summed E-state index contributed by atoms with van der Waals surface area (Å²) in [7, 11) is 0. The lowest BCUT2D eigenvalue weighted by Gasteiger charge is -1.95. The van der Waals surface area contributed by atoms with Gasteiger partial charge >= 0.3 is 5.97 Å². The Morgan fingerprint density at radius 2 is 2.33 bits per heavy atom. The molecule has 0 radical (unpaired) electrons. The van der Waals surface area contributed by atoms with E-state index in [2.05, 4.69) is 4.98 Å². The number of carboxylic acids is 1. The second-order valence-corrected chi connectivity index (χ2v) is 2.45. The molecule has 0 aliphatic heterocycles. The first-order valence-electron chi connectivity index (χ1n) is 3.58. The second kappa shape index (κ2) is 3.71. The first kappa shape index (κ1) is 8.52. The molecule has 0 unspecified atom stereocenters. The Kier molecular flexibility index (Phi) is 2.63. The lowest BCUT2D eigenvalue weighted by Crippen LogP contribution is -2.05. The summed E-state index contributed by atoms with van der Waals surface area (Å²) >= 11 is 0. The molecule has 0 aliphatic rings. The maximum absolute atomic E-state index is 10.7. The van der Waals surface area contributed by atoms with Gasteiger partial charge in [0.1, 0.15) is 0 Å². The van der Waals surface area contributed by atoms with Crippen LogP contribution in [-0.4, -0.2) is 16.1 Å². The average molecular weight is 167 g/mol. The van der Waals surface area contributed by atoms with Gasteiger partial charge in [-0.1, -0.05) is 0 Å². The molecule has 0 saturated heterocycles. The zero-order chi connectivity index (χ0) is 8.97. The molecule has 0 spiro atoms. The number of aromatic amines is 1. The highest BCUT2D eigenvalue weighted by Crippen LogP contribution is 1.97. The Morgan fingerprint density at radius 3 is 2.92 bits per heavy atom. The molecule has 1 heterocycles. The highest BCUT2D eigenvalue weighted by molar-refractivity contribution is 5.67. The smallest absolute Gasteiger partial charge is 0.303 e. The second-order valence-electron chi connectivity index (χ2n) is 2.45. The summed E-state index contributed by atoms with van der Waals surface area (Å²) in [5, 5.41) is 8.36. The molecule has 0 amide bonds. The van der Waals surface area contributed by atoms with Gasteiger partial charge in [-0.25, -0.2) is 0 Å². The fourth-order valence-corrected chi connectivity index (χ4v) is 0.896. The lowest BCUT2D eigenvalue weighted by atomic mass is 10.1. The Bertz CT molecular complexity index is 329. The maximum atomic E-state index is 10.7. The van der Waals surface area contributed by atoms with E-state index in [1.165, 1.54) is 12.3 Å². The van der Waals surface area contributed by atoms with Gasteiger partial charge in [-0.05, 0) is 18.1 Å². The number of nitrogens with one attached hydrogen (secondary N) is 1. The van der Waals surface area contributed by atoms with Crippen molar-refractivity contribution >= 4 is 5.97 Å². The molecule has 4 nitrogen and oxygen atoms in total. The van der Waals surface area contributed by atoms with Crippen LogP contribution in [0.3, 0.4) is 0 Å². The molecule has 1 aromatic heterocycles. The zero-order valence-electron chi connectivity index (χ0n) is 6.41. The summed E-state index contributed by atoms with van der Waals surface area (Å²) in [6, 6.07) is 3.10. The molecule has 64 valence electrons. The highest BCUT2D eigenvalue weighted by atomic mass is 16.4. The van der Waals surface area contributed by atoms with Crippen LogP contribution in [0.15, 0.2) is 23.1 Å². The van der Waals surface area contributed by atoms with Crippen molar-refractivity contribution in [3.8, 4) is 0 Å². The summed E-state index contributed by atoms with van der Waals surface area (Å²) in [5.41, 5.74) is 0.555. The van der Waals surface area contributed by atoms with Crippen LogP contribution in [0.2, 0.25) is 0 Å². The van der Waals surface area contributed by atoms with Gasteiger partial charge < -0.3 is 10.1 Å². The number of aliphatic carboxylic acids is 1. The minimum atomic E-state index is -0.852. The van der Waals surface area contributed by atoms with Crippen LogP contribution in [0, 0.1) is 0 Å². The Morgan fingerprint density at radius 1 is 1.58 bits per heavy atom. The van der Waals surface area contributed by atoms with Crippen LogP contribution in [-0.2, 0) is 11.2 Å². The summed E-state index contributed by atoms with van der Waals surface area (Å²) in [4.78, 5) is 23.4. The number of aromatic nitrogens is 1. The Labute approximate surface area is 68.9 Å². The fraction of sp³-hybridized carbons (Fsp3) is 0.250. The molecule has 0 aliphatic carbocycles. The molecule has 0 atom stereocenters. The molecule has 0 saturated carbocycles. The van der Waals surface area contributed by atoms with Crippen LogP contribution in [0.25, 0.3) is 0 Å². The Balaban J connectivity index is 2.64. The van der Waals surface area contributed by atoms with Gasteiger partial charge in [-0.3, -0.25) is 9.59 Å². The first-order valence-corrected chi connectivity index (χ1v) is 3.58. The quantitative estimate of drug-likeness (QED) is 0.684. The molecule has 2 N–H and O–H groups in total. The van der Waals surface area contributed by atoms with Crippen molar-refractivity contribution in [2.24, 2.45) is 0 Å². The van der Waals surface area contributed by atoms with Crippen molar-refractivity contribution in [2.75, 3.05) is 0 Å². The van der Waals surface area contributed by atoms with Crippen LogP contribution >= 0.6 is 0 Å². The molecule has 4 heteroatoms. The van der Waals surface area contributed by atoms with E-state index in [0.29, 0.717) is 6.42 Å². The number of rotatable bonds is 3. The SMILES string of the molecule is O=C(O)CCc1cc[nH]c(=O)c1. The average Bonchev–Trinajstić information content (AvgIpc) is 2.01. The standard InChI is InChI=1S/C8H9NO3/c10-7-5-6(3-4-9-7)1-2-8(11)12/h3-5H,1-2H2,(H,9,10)(H,11,12). The first-order chi connectivity index (χ1) is 5.68. The minimum Gasteiger partial charge on any atom is -0.481 e. The summed E-state index contributed by atoms with van der Waals surface area (Å²) in [5.74, 6) is -0.852. The number of hydrogen-bond acceptors (Lipinski definition) is 2. The highest BCUT2D eigenvalue weighted by Gasteiger charge is 1.98. The third kappa shape index (κ3) is 2.57. The van der Waals surface area contributed by atoms with Crippen molar-refractivity contribution in [1.29, 1.82) is 0 Å². The van der Waals surface area contributed by atoms with Crippen molar-refractivity contribution < 1.29 is 9.90 Å². The number of pyridine rings is 1. The van der Waals surface area contributed by atoms with Gasteiger partial charge in [0.05, 0.1) is 0 Å². The maximum Gasteiger partial charge on any atom is 0.303 e. The van der Waals surface area contributed by atoms with E-state index in [0.717, 1.165) is 5.56 Å². The molecule has 12 heavy (non-hydrogen) atoms. The summed E-state index contributed by atoms with van der Waals surface area (Å²) in [6.45, 7) is 0. The van der Waals surface area contributed by atoms with Crippen molar-refractivity contribution in [1.82, 2.24) is 4.98 Å². The zero-order valence-corrected chi connectivity index (χ0v) is 6.41. The molecule has 1 rings (SSSR count). The third-order valence-electron chi connectivity index (χ3n) is 1.47. The van der Waals surface area contributed by atoms with Gasteiger partial charge in [-0.2, -0.15) is 0 Å². The third-order valence-corrected chi connectivity index (χ3v) is 1.47. The lowest BCUT2D eigenvalue weighted by molar-refractivity contribution is -0.136. The minimum absolute atomic E-state index is 0.0590. The molecule has 0 bridgehead atoms. The summed E-state index contributed by atoms with van der Waals surface area (Å²) < 4.78 is 0. The van der Waals surface area contributed by atoms with Crippen molar-refractivity contribution in [2.45, 2.75) is 12.8 Å². The van der Waals surface area contributed by atoms with Crippen molar-refractivity contribution in [3.05, 3.63) is 34.2 Å². The van der Waals surface area contributed by atoms with Crippen LogP contribution in [0.5, 0.6) is 0 Å². The van der Waals surface area contributed by atoms with Gasteiger partial charge in [-0.15, -0.1) is 0 Å². The van der Waals surface area contributed by atoms with Gasteiger partial charge in [0.25, 0.3) is 0 Å². The molecule has 0 aromatic carbocycles. The van der Waals surface area contributed by atoms with Crippen molar-refractivity contribution in [3.63, 3.8) is 0 Å². The monoisotopic (exact) mass is 167 g/mol. The van der Waals surface area contributed by atoms with Gasteiger partial charge in [0, 0.05) is 18.7 Å². The molecule has 0 fully saturated rings. The van der Waals surface area contributed by atoms with Crippen LogP contribution in [0.1, 0.15) is 12.0 Å².